The van der Waals surface area contributed by atoms with Crippen molar-refractivity contribution in [2.75, 3.05) is 7.11 Å². The SMILES string of the molecule is C=CC[C@@H]1CC[C@@H](C(=O)OC)N1C(=O)OC(C)(C)C. The van der Waals surface area contributed by atoms with Gasteiger partial charge in [-0.1, -0.05) is 6.08 Å². The van der Waals surface area contributed by atoms with Gasteiger partial charge in [0.1, 0.15) is 11.6 Å². The number of hydrogen-bond donors (Lipinski definition) is 0. The molecule has 5 nitrogen and oxygen atoms in total. The van der Waals surface area contributed by atoms with Crippen molar-refractivity contribution in [3.8, 4) is 0 Å². The minimum Gasteiger partial charge on any atom is -0.467 e. The van der Waals surface area contributed by atoms with Crippen LogP contribution in [0.25, 0.3) is 0 Å². The third kappa shape index (κ3) is 3.98. The van der Waals surface area contributed by atoms with Crippen molar-refractivity contribution in [3.63, 3.8) is 0 Å². The molecule has 108 valence electrons. The highest BCUT2D eigenvalue weighted by Gasteiger charge is 2.42. The molecular weight excluding hydrogens is 246 g/mol. The van der Waals surface area contributed by atoms with Crippen molar-refractivity contribution in [1.29, 1.82) is 0 Å². The number of nitrogens with zero attached hydrogens (tertiary/aromatic N) is 1. The van der Waals surface area contributed by atoms with E-state index in [9.17, 15) is 9.59 Å². The zero-order valence-electron chi connectivity index (χ0n) is 12.1. The first-order valence-corrected chi connectivity index (χ1v) is 6.50. The van der Waals surface area contributed by atoms with Crippen LogP contribution in [0.15, 0.2) is 12.7 Å². The lowest BCUT2D eigenvalue weighted by molar-refractivity contribution is -0.146. The van der Waals surface area contributed by atoms with Crippen LogP contribution in [-0.2, 0) is 14.3 Å². The van der Waals surface area contributed by atoms with E-state index in [2.05, 4.69) is 6.58 Å². The van der Waals surface area contributed by atoms with E-state index in [1.165, 1.54) is 12.0 Å². The maximum absolute atomic E-state index is 12.2. The van der Waals surface area contributed by atoms with E-state index in [4.69, 9.17) is 9.47 Å². The molecule has 0 N–H and O–H groups in total. The molecule has 0 radical (unpaired) electrons. The van der Waals surface area contributed by atoms with Crippen LogP contribution in [0, 0.1) is 0 Å². The molecule has 1 rings (SSSR count). The number of rotatable bonds is 3. The molecule has 0 aromatic rings. The van der Waals surface area contributed by atoms with Crippen LogP contribution in [0.2, 0.25) is 0 Å². The summed E-state index contributed by atoms with van der Waals surface area (Å²) in [5, 5.41) is 0. The fourth-order valence-corrected chi connectivity index (χ4v) is 2.27. The topological polar surface area (TPSA) is 55.8 Å². The number of carbonyl (C=O) groups is 2. The van der Waals surface area contributed by atoms with E-state index in [0.29, 0.717) is 12.8 Å². The Morgan fingerprint density at radius 1 is 1.37 bits per heavy atom. The van der Waals surface area contributed by atoms with E-state index in [0.717, 1.165) is 6.42 Å². The van der Waals surface area contributed by atoms with Crippen LogP contribution >= 0.6 is 0 Å². The number of carbonyl (C=O) groups excluding carboxylic acids is 2. The van der Waals surface area contributed by atoms with Gasteiger partial charge in [-0.15, -0.1) is 6.58 Å². The number of ether oxygens (including phenoxy) is 2. The van der Waals surface area contributed by atoms with Crippen molar-refractivity contribution < 1.29 is 19.1 Å². The highest BCUT2D eigenvalue weighted by atomic mass is 16.6. The van der Waals surface area contributed by atoms with Crippen LogP contribution in [0.5, 0.6) is 0 Å². The number of methoxy groups -OCH3 is 1. The van der Waals surface area contributed by atoms with Gasteiger partial charge in [0.15, 0.2) is 0 Å². The van der Waals surface area contributed by atoms with E-state index in [1.807, 2.05) is 0 Å². The second kappa shape index (κ2) is 6.08. The van der Waals surface area contributed by atoms with E-state index in [-0.39, 0.29) is 6.04 Å². The maximum Gasteiger partial charge on any atom is 0.411 e. The van der Waals surface area contributed by atoms with Gasteiger partial charge in [0.05, 0.1) is 7.11 Å². The molecule has 1 aliphatic heterocycles. The highest BCUT2D eigenvalue weighted by molar-refractivity contribution is 5.82. The second-order valence-corrected chi connectivity index (χ2v) is 5.68. The fraction of sp³-hybridized carbons (Fsp3) is 0.714. The maximum atomic E-state index is 12.2. The van der Waals surface area contributed by atoms with Crippen LogP contribution in [-0.4, -0.2) is 41.8 Å². The fourth-order valence-electron chi connectivity index (χ4n) is 2.27. The molecule has 0 unspecified atom stereocenters. The zero-order chi connectivity index (χ0) is 14.6. The van der Waals surface area contributed by atoms with Crippen molar-refractivity contribution in [3.05, 3.63) is 12.7 Å². The molecule has 1 heterocycles. The van der Waals surface area contributed by atoms with Gasteiger partial charge < -0.3 is 9.47 Å². The molecule has 1 aliphatic rings. The van der Waals surface area contributed by atoms with E-state index >= 15 is 0 Å². The molecule has 1 saturated heterocycles. The Morgan fingerprint density at radius 2 is 2.00 bits per heavy atom. The largest absolute Gasteiger partial charge is 0.467 e. The summed E-state index contributed by atoms with van der Waals surface area (Å²) in [5.41, 5.74) is -0.584. The summed E-state index contributed by atoms with van der Waals surface area (Å²) in [6, 6.07) is -0.596. The standard InChI is InChI=1S/C14H23NO4/c1-6-7-10-8-9-11(12(16)18-5)15(10)13(17)19-14(2,3)4/h6,10-11H,1,7-9H2,2-5H3/t10-,11+/m1/s1. The Morgan fingerprint density at radius 3 is 2.47 bits per heavy atom. The van der Waals surface area contributed by atoms with E-state index in [1.54, 1.807) is 26.8 Å². The highest BCUT2D eigenvalue weighted by Crippen LogP contribution is 2.29. The Balaban J connectivity index is 2.88. The minimum atomic E-state index is -0.584. The molecule has 0 saturated carbocycles. The Bertz CT molecular complexity index is 359. The molecule has 0 spiro atoms. The zero-order valence-corrected chi connectivity index (χ0v) is 12.1. The molecule has 19 heavy (non-hydrogen) atoms. The lowest BCUT2D eigenvalue weighted by Crippen LogP contribution is -2.47. The summed E-state index contributed by atoms with van der Waals surface area (Å²) in [5.74, 6) is -0.391. The smallest absolute Gasteiger partial charge is 0.411 e. The number of likely N-dealkylation sites (tertiary alicyclic amines) is 1. The average Bonchev–Trinajstić information content (AvgIpc) is 2.70. The normalized spacial score (nSPS) is 23.1. The molecule has 0 aliphatic carbocycles. The van der Waals surface area contributed by atoms with E-state index < -0.39 is 23.7 Å². The summed E-state index contributed by atoms with van der Waals surface area (Å²) >= 11 is 0. The van der Waals surface area contributed by atoms with Gasteiger partial charge in [-0.2, -0.15) is 0 Å². The van der Waals surface area contributed by atoms with Gasteiger partial charge in [-0.3, -0.25) is 4.90 Å². The molecule has 1 amide bonds. The van der Waals surface area contributed by atoms with Crippen LogP contribution in [0.4, 0.5) is 4.79 Å². The van der Waals surface area contributed by atoms with Gasteiger partial charge >= 0.3 is 12.1 Å². The van der Waals surface area contributed by atoms with Crippen molar-refractivity contribution in [2.24, 2.45) is 0 Å². The number of hydrogen-bond acceptors (Lipinski definition) is 4. The molecule has 5 heteroatoms. The van der Waals surface area contributed by atoms with Crippen molar-refractivity contribution >= 4 is 12.1 Å². The summed E-state index contributed by atoms with van der Waals surface area (Å²) in [7, 11) is 1.33. The van der Waals surface area contributed by atoms with Crippen LogP contribution in [0.3, 0.4) is 0 Å². The number of esters is 1. The van der Waals surface area contributed by atoms with Crippen molar-refractivity contribution in [2.45, 2.75) is 57.7 Å². The average molecular weight is 269 g/mol. The van der Waals surface area contributed by atoms with Gasteiger partial charge in [0.2, 0.25) is 0 Å². The lowest BCUT2D eigenvalue weighted by Gasteiger charge is -2.31. The lowest BCUT2D eigenvalue weighted by atomic mass is 10.1. The van der Waals surface area contributed by atoms with Gasteiger partial charge in [0, 0.05) is 6.04 Å². The Labute approximate surface area is 114 Å². The monoisotopic (exact) mass is 269 g/mol. The number of amides is 1. The molecule has 1 fully saturated rings. The molecule has 0 aromatic carbocycles. The molecule has 0 aromatic heterocycles. The predicted molar refractivity (Wildman–Crippen MR) is 71.7 cm³/mol. The summed E-state index contributed by atoms with van der Waals surface area (Å²) in [6.07, 6.45) is 3.29. The van der Waals surface area contributed by atoms with Crippen molar-refractivity contribution in [1.82, 2.24) is 4.90 Å². The summed E-state index contributed by atoms with van der Waals surface area (Å²) in [6.45, 7) is 9.09. The van der Waals surface area contributed by atoms with Gasteiger partial charge in [-0.25, -0.2) is 9.59 Å². The first kappa shape index (κ1) is 15.5. The van der Waals surface area contributed by atoms with Crippen LogP contribution < -0.4 is 0 Å². The van der Waals surface area contributed by atoms with Crippen LogP contribution in [0.1, 0.15) is 40.0 Å². The van der Waals surface area contributed by atoms with Gasteiger partial charge in [-0.05, 0) is 40.0 Å². The summed E-state index contributed by atoms with van der Waals surface area (Å²) in [4.78, 5) is 25.5. The first-order valence-electron chi connectivity index (χ1n) is 6.50. The molecular formula is C14H23NO4. The first-order chi connectivity index (χ1) is 8.80. The quantitative estimate of drug-likeness (QED) is 0.583. The third-order valence-corrected chi connectivity index (χ3v) is 3.02. The minimum absolute atomic E-state index is 0.0450. The van der Waals surface area contributed by atoms with Gasteiger partial charge in [0.25, 0.3) is 0 Å². The third-order valence-electron chi connectivity index (χ3n) is 3.02. The molecule has 2 atom stereocenters. The second-order valence-electron chi connectivity index (χ2n) is 5.68. The Hall–Kier alpha value is -1.52. The summed E-state index contributed by atoms with van der Waals surface area (Å²) < 4.78 is 10.1. The molecule has 0 bridgehead atoms. The Kier molecular flexibility index (Phi) is 4.97. The predicted octanol–water partition coefficient (Wildman–Crippen LogP) is 2.50.